The summed E-state index contributed by atoms with van der Waals surface area (Å²) in [6.07, 6.45) is 3.68. The Bertz CT molecular complexity index is 1150. The maximum atomic E-state index is 14.6. The Morgan fingerprint density at radius 1 is 1.29 bits per heavy atom. The number of likely N-dealkylation sites (tertiary alicyclic amines) is 1. The van der Waals surface area contributed by atoms with Gasteiger partial charge in [0.1, 0.15) is 11.6 Å². The average Bonchev–Trinajstić information content (AvgIpc) is 3.38. The first-order chi connectivity index (χ1) is 17.9. The van der Waals surface area contributed by atoms with E-state index in [4.69, 9.17) is 16.3 Å². The largest absolute Gasteiger partial charge is 0.394 e. The van der Waals surface area contributed by atoms with Gasteiger partial charge in [0, 0.05) is 20.1 Å². The van der Waals surface area contributed by atoms with Crippen molar-refractivity contribution < 1.29 is 24.2 Å². The predicted octanol–water partition coefficient (Wildman–Crippen LogP) is 3.20. The number of hydrogen-bond donors (Lipinski definition) is 1. The summed E-state index contributed by atoms with van der Waals surface area (Å²) >= 11 is 6.59. The highest BCUT2D eigenvalue weighted by molar-refractivity contribution is 6.34. The smallest absolute Gasteiger partial charge is 0.253 e. The van der Waals surface area contributed by atoms with Crippen LogP contribution in [0.1, 0.15) is 32.8 Å². The monoisotopic (exact) mass is 543 g/mol. The zero-order valence-corrected chi connectivity index (χ0v) is 23.6. The lowest BCUT2D eigenvalue weighted by Gasteiger charge is -2.39. The van der Waals surface area contributed by atoms with Crippen molar-refractivity contribution >= 4 is 35.0 Å². The number of anilines is 1. The van der Waals surface area contributed by atoms with Crippen molar-refractivity contribution in [2.45, 2.75) is 57.4 Å². The molecule has 3 fully saturated rings. The van der Waals surface area contributed by atoms with Crippen LogP contribution in [0.4, 0.5) is 5.69 Å². The third-order valence-electron chi connectivity index (χ3n) is 8.81. The van der Waals surface area contributed by atoms with Crippen LogP contribution in [0.15, 0.2) is 43.5 Å². The molecule has 7 atom stereocenters. The Hall–Kier alpha value is -2.68. The second kappa shape index (κ2) is 10.1. The van der Waals surface area contributed by atoms with E-state index in [-0.39, 0.29) is 36.8 Å². The maximum absolute atomic E-state index is 14.6. The number of amides is 3. The van der Waals surface area contributed by atoms with Crippen LogP contribution in [0.3, 0.4) is 0 Å². The molecule has 0 aromatic heterocycles. The highest BCUT2D eigenvalue weighted by Crippen LogP contribution is 2.65. The lowest BCUT2D eigenvalue weighted by molar-refractivity contribution is -0.152. The third-order valence-corrected chi connectivity index (χ3v) is 9.11. The van der Waals surface area contributed by atoms with Gasteiger partial charge in [-0.25, -0.2) is 0 Å². The first kappa shape index (κ1) is 28.3. The standard InChI is InChI=1S/C29H38ClN3O5/c1-8-13-31(7)25(35)21-22-26(36)33(19(5)16-34)24(29(22)15-18(4)28(21,6)38-29)27(37)32(14-9-2)23-17(3)11-10-12-20(23)30/h8-12,18-19,21-22,24,34H,1-2,13-16H2,3-7H3/t18?,19-,21-,22+,24?,28+,29?/m1/s1. The molecule has 206 valence electrons. The molecule has 1 spiro atoms. The van der Waals surface area contributed by atoms with Gasteiger partial charge in [0.2, 0.25) is 11.8 Å². The lowest BCUT2D eigenvalue weighted by Crippen LogP contribution is -2.59. The maximum Gasteiger partial charge on any atom is 0.253 e. The molecular formula is C29H38ClN3O5. The van der Waals surface area contributed by atoms with Crippen LogP contribution in [0.25, 0.3) is 0 Å². The van der Waals surface area contributed by atoms with Crippen molar-refractivity contribution in [3.8, 4) is 0 Å². The van der Waals surface area contributed by atoms with Crippen molar-refractivity contribution in [2.75, 3.05) is 31.6 Å². The average molecular weight is 544 g/mol. The Morgan fingerprint density at radius 2 is 1.95 bits per heavy atom. The molecule has 0 saturated carbocycles. The number of halogens is 1. The first-order valence-corrected chi connectivity index (χ1v) is 13.5. The van der Waals surface area contributed by atoms with Gasteiger partial charge in [-0.05, 0) is 44.7 Å². The number of likely N-dealkylation sites (N-methyl/N-ethyl adjacent to an activating group) is 1. The zero-order chi connectivity index (χ0) is 28.2. The molecule has 1 N–H and O–H groups in total. The molecule has 4 rings (SSSR count). The van der Waals surface area contributed by atoms with E-state index in [1.807, 2.05) is 32.9 Å². The molecule has 1 aromatic rings. The number of para-hydroxylation sites is 1. The van der Waals surface area contributed by atoms with Crippen molar-refractivity contribution in [3.05, 3.63) is 54.1 Å². The van der Waals surface area contributed by atoms with E-state index in [1.54, 1.807) is 42.0 Å². The number of benzene rings is 1. The summed E-state index contributed by atoms with van der Waals surface area (Å²) in [5.74, 6) is -2.66. The Labute approximate surface area is 229 Å². The van der Waals surface area contributed by atoms with Crippen LogP contribution >= 0.6 is 11.6 Å². The van der Waals surface area contributed by atoms with Crippen molar-refractivity contribution in [3.63, 3.8) is 0 Å². The quantitative estimate of drug-likeness (QED) is 0.483. The molecule has 3 aliphatic heterocycles. The van der Waals surface area contributed by atoms with Gasteiger partial charge >= 0.3 is 0 Å². The predicted molar refractivity (Wildman–Crippen MR) is 147 cm³/mol. The van der Waals surface area contributed by atoms with Crippen LogP contribution in [0.5, 0.6) is 0 Å². The fraction of sp³-hybridized carbons (Fsp3) is 0.552. The molecule has 3 amide bonds. The molecule has 3 unspecified atom stereocenters. The number of aliphatic hydroxyl groups is 1. The summed E-state index contributed by atoms with van der Waals surface area (Å²) < 4.78 is 6.78. The molecule has 3 heterocycles. The van der Waals surface area contributed by atoms with E-state index >= 15 is 0 Å². The van der Waals surface area contributed by atoms with E-state index in [9.17, 15) is 19.5 Å². The van der Waals surface area contributed by atoms with Gasteiger partial charge < -0.3 is 24.5 Å². The summed E-state index contributed by atoms with van der Waals surface area (Å²) in [4.78, 5) is 47.1. The van der Waals surface area contributed by atoms with Crippen molar-refractivity contribution in [1.82, 2.24) is 9.80 Å². The van der Waals surface area contributed by atoms with Crippen molar-refractivity contribution in [2.24, 2.45) is 17.8 Å². The number of aryl methyl sites for hydroxylation is 1. The van der Waals surface area contributed by atoms with Gasteiger partial charge in [0.25, 0.3) is 5.91 Å². The Morgan fingerprint density at radius 3 is 2.53 bits per heavy atom. The van der Waals surface area contributed by atoms with Gasteiger partial charge in [0.15, 0.2) is 0 Å². The molecule has 0 aliphatic carbocycles. The normalized spacial score (nSPS) is 32.2. The second-order valence-electron chi connectivity index (χ2n) is 11.1. The number of hydrogen-bond acceptors (Lipinski definition) is 5. The van der Waals surface area contributed by atoms with E-state index in [1.165, 1.54) is 4.90 Å². The number of rotatable bonds is 9. The van der Waals surface area contributed by atoms with E-state index in [2.05, 4.69) is 13.2 Å². The van der Waals surface area contributed by atoms with Crippen LogP contribution in [0.2, 0.25) is 5.02 Å². The number of nitrogens with zero attached hydrogens (tertiary/aromatic N) is 3. The number of aliphatic hydroxyl groups excluding tert-OH is 1. The topological polar surface area (TPSA) is 90.4 Å². The highest BCUT2D eigenvalue weighted by Gasteiger charge is 2.80. The molecule has 2 bridgehead atoms. The van der Waals surface area contributed by atoms with Gasteiger partial charge in [-0.15, -0.1) is 13.2 Å². The van der Waals surface area contributed by atoms with Crippen LogP contribution in [-0.4, -0.2) is 82.7 Å². The Balaban J connectivity index is 1.89. The van der Waals surface area contributed by atoms with Crippen LogP contribution in [-0.2, 0) is 19.1 Å². The number of carbonyl (C=O) groups excluding carboxylic acids is 3. The molecule has 38 heavy (non-hydrogen) atoms. The molecule has 3 aliphatic rings. The highest BCUT2D eigenvalue weighted by atomic mass is 35.5. The fourth-order valence-electron chi connectivity index (χ4n) is 6.95. The minimum Gasteiger partial charge on any atom is -0.394 e. The third kappa shape index (κ3) is 3.91. The number of carbonyl (C=O) groups is 3. The van der Waals surface area contributed by atoms with Gasteiger partial charge in [-0.2, -0.15) is 0 Å². The second-order valence-corrected chi connectivity index (χ2v) is 11.5. The summed E-state index contributed by atoms with van der Waals surface area (Å²) in [7, 11) is 1.68. The molecule has 8 nitrogen and oxygen atoms in total. The summed E-state index contributed by atoms with van der Waals surface area (Å²) in [6.45, 7) is 15.2. The minimum atomic E-state index is -1.23. The molecule has 1 aromatic carbocycles. The molecule has 3 saturated heterocycles. The van der Waals surface area contributed by atoms with E-state index in [0.29, 0.717) is 23.7 Å². The SMILES string of the molecule is C=CCN(C)C(=O)[C@H]1[C@H]2C(=O)N([C@H](C)CO)C(C(=O)N(CC=C)c3c(C)cccc3Cl)C23CC(C)[C@]1(C)O3. The van der Waals surface area contributed by atoms with Crippen LogP contribution in [0, 0.1) is 24.7 Å². The fourth-order valence-corrected chi connectivity index (χ4v) is 7.27. The number of fused-ring (bicyclic) bond motifs is 1. The van der Waals surface area contributed by atoms with Crippen molar-refractivity contribution in [1.29, 1.82) is 0 Å². The van der Waals surface area contributed by atoms with E-state index < -0.39 is 35.1 Å². The molecule has 0 radical (unpaired) electrons. The summed E-state index contributed by atoms with van der Waals surface area (Å²) in [5.41, 5.74) is -0.823. The van der Waals surface area contributed by atoms with E-state index in [0.717, 1.165) is 5.56 Å². The van der Waals surface area contributed by atoms with Gasteiger partial charge in [0.05, 0.1) is 40.8 Å². The summed E-state index contributed by atoms with van der Waals surface area (Å²) in [5, 5.41) is 10.5. The molecule has 9 heteroatoms. The van der Waals surface area contributed by atoms with Gasteiger partial charge in [-0.1, -0.05) is 42.8 Å². The zero-order valence-electron chi connectivity index (χ0n) is 22.8. The Kier molecular flexibility index (Phi) is 7.55. The number of ether oxygens (including phenoxy) is 1. The molecular weight excluding hydrogens is 506 g/mol. The minimum absolute atomic E-state index is 0.0905. The van der Waals surface area contributed by atoms with Crippen LogP contribution < -0.4 is 4.90 Å². The summed E-state index contributed by atoms with van der Waals surface area (Å²) in [6, 6.07) is 3.68. The lowest BCUT2D eigenvalue weighted by atomic mass is 9.62. The first-order valence-electron chi connectivity index (χ1n) is 13.1. The van der Waals surface area contributed by atoms with Gasteiger partial charge in [-0.3, -0.25) is 14.4 Å².